The zero-order valence-electron chi connectivity index (χ0n) is 12.5. The van der Waals surface area contributed by atoms with Gasteiger partial charge in [-0.15, -0.1) is 0 Å². The quantitative estimate of drug-likeness (QED) is 0.792. The molecule has 0 bridgehead atoms. The Hall–Kier alpha value is -1.55. The monoisotopic (exact) mass is 349 g/mol. The first-order valence-corrected chi connectivity index (χ1v) is 8.31. The van der Waals surface area contributed by atoms with Crippen LogP contribution in [0.5, 0.6) is 0 Å². The van der Waals surface area contributed by atoms with E-state index in [4.69, 9.17) is 27.9 Å². The van der Waals surface area contributed by atoms with E-state index in [-0.39, 0.29) is 12.0 Å². The first-order valence-electron chi connectivity index (χ1n) is 7.56. The smallest absolute Gasteiger partial charge is 0.253 e. The molecule has 0 aliphatic carbocycles. The van der Waals surface area contributed by atoms with Crippen molar-refractivity contribution < 1.29 is 9.53 Å². The van der Waals surface area contributed by atoms with Crippen molar-refractivity contribution in [1.82, 2.24) is 4.90 Å². The number of hydrogen-bond acceptors (Lipinski definition) is 2. The third kappa shape index (κ3) is 3.86. The molecule has 0 N–H and O–H groups in total. The van der Waals surface area contributed by atoms with Crippen molar-refractivity contribution in [2.45, 2.75) is 12.5 Å². The van der Waals surface area contributed by atoms with Crippen molar-refractivity contribution in [3.8, 4) is 0 Å². The third-order valence-corrected chi connectivity index (χ3v) is 4.71. The number of ether oxygens (including phenoxy) is 1. The lowest BCUT2D eigenvalue weighted by Crippen LogP contribution is -2.33. The Morgan fingerprint density at radius 1 is 1.04 bits per heavy atom. The lowest BCUT2D eigenvalue weighted by Gasteiger charge is -2.20. The molecule has 1 unspecified atom stereocenters. The summed E-state index contributed by atoms with van der Waals surface area (Å²) in [7, 11) is 0. The Morgan fingerprint density at radius 3 is 2.57 bits per heavy atom. The molecule has 23 heavy (non-hydrogen) atoms. The van der Waals surface area contributed by atoms with Gasteiger partial charge in [0.15, 0.2) is 0 Å². The fraction of sp³-hybridized carbons (Fsp3) is 0.278. The molecule has 1 heterocycles. The Morgan fingerprint density at radius 2 is 1.83 bits per heavy atom. The number of amides is 1. The molecule has 0 radical (unpaired) electrons. The Balaban J connectivity index is 1.70. The van der Waals surface area contributed by atoms with E-state index in [2.05, 4.69) is 12.1 Å². The van der Waals surface area contributed by atoms with Crippen LogP contribution in [0.15, 0.2) is 48.5 Å². The summed E-state index contributed by atoms with van der Waals surface area (Å²) >= 11 is 11.9. The number of benzene rings is 2. The lowest BCUT2D eigenvalue weighted by atomic mass is 10.1. The molecule has 3 rings (SSSR count). The highest BCUT2D eigenvalue weighted by Gasteiger charge is 2.23. The van der Waals surface area contributed by atoms with Gasteiger partial charge in [-0.25, -0.2) is 0 Å². The number of carbonyl (C=O) groups excluding carboxylic acids is 1. The van der Waals surface area contributed by atoms with E-state index in [9.17, 15) is 4.79 Å². The van der Waals surface area contributed by atoms with Gasteiger partial charge in [0.25, 0.3) is 5.91 Å². The van der Waals surface area contributed by atoms with E-state index in [0.29, 0.717) is 35.3 Å². The Kier molecular flexibility index (Phi) is 5.21. The Labute approximate surface area is 145 Å². The molecule has 5 heteroatoms. The number of carbonyl (C=O) groups is 1. The van der Waals surface area contributed by atoms with Crippen LogP contribution in [-0.2, 0) is 4.74 Å². The van der Waals surface area contributed by atoms with Crippen molar-refractivity contribution in [2.24, 2.45) is 0 Å². The first kappa shape index (κ1) is 16.3. The summed E-state index contributed by atoms with van der Waals surface area (Å²) in [5, 5.41) is 0.845. The zero-order valence-corrected chi connectivity index (χ0v) is 14.1. The van der Waals surface area contributed by atoms with Gasteiger partial charge in [-0.2, -0.15) is 0 Å². The molecule has 0 saturated carbocycles. The summed E-state index contributed by atoms with van der Waals surface area (Å²) in [5.41, 5.74) is 1.70. The fourth-order valence-corrected chi connectivity index (χ4v) is 3.02. The predicted octanol–water partition coefficient (Wildman–Crippen LogP) is 4.60. The van der Waals surface area contributed by atoms with Crippen molar-refractivity contribution in [3.63, 3.8) is 0 Å². The van der Waals surface area contributed by atoms with Crippen LogP contribution in [0.4, 0.5) is 0 Å². The van der Waals surface area contributed by atoms with E-state index in [0.717, 1.165) is 12.0 Å². The summed E-state index contributed by atoms with van der Waals surface area (Å²) in [6.45, 7) is 1.74. The second kappa shape index (κ2) is 7.35. The van der Waals surface area contributed by atoms with Crippen LogP contribution >= 0.6 is 23.2 Å². The van der Waals surface area contributed by atoms with Gasteiger partial charge in [0.05, 0.1) is 22.8 Å². The van der Waals surface area contributed by atoms with Gasteiger partial charge in [0.1, 0.15) is 0 Å². The average Bonchev–Trinajstić information content (AvgIpc) is 2.83. The maximum atomic E-state index is 12.6. The number of nitrogens with zero attached hydrogens (tertiary/aromatic N) is 1. The van der Waals surface area contributed by atoms with Gasteiger partial charge >= 0.3 is 0 Å². The molecule has 1 amide bonds. The average molecular weight is 350 g/mol. The minimum Gasteiger partial charge on any atom is -0.372 e. The van der Waals surface area contributed by atoms with Crippen LogP contribution in [0, 0.1) is 0 Å². The molecular formula is C18H17Cl2NO2. The lowest BCUT2D eigenvalue weighted by molar-refractivity contribution is 0.0585. The summed E-state index contributed by atoms with van der Waals surface area (Å²) < 4.78 is 5.91. The van der Waals surface area contributed by atoms with E-state index < -0.39 is 0 Å². The fourth-order valence-electron chi connectivity index (χ4n) is 2.72. The van der Waals surface area contributed by atoms with Crippen LogP contribution in [0.2, 0.25) is 10.0 Å². The highest BCUT2D eigenvalue weighted by molar-refractivity contribution is 6.42. The maximum absolute atomic E-state index is 12.6. The molecule has 1 saturated heterocycles. The zero-order chi connectivity index (χ0) is 16.2. The van der Waals surface area contributed by atoms with Gasteiger partial charge in [-0.3, -0.25) is 4.79 Å². The normalized spacial score (nSPS) is 18.5. The molecular weight excluding hydrogens is 333 g/mol. The van der Waals surface area contributed by atoms with E-state index in [1.54, 1.807) is 18.2 Å². The maximum Gasteiger partial charge on any atom is 0.253 e. The minimum absolute atomic E-state index is 0.0304. The van der Waals surface area contributed by atoms with Crippen LogP contribution in [0.3, 0.4) is 0 Å². The second-order valence-electron chi connectivity index (χ2n) is 5.48. The summed E-state index contributed by atoms with van der Waals surface area (Å²) in [5.74, 6) is -0.0409. The van der Waals surface area contributed by atoms with Crippen molar-refractivity contribution in [3.05, 3.63) is 69.7 Å². The Bertz CT molecular complexity index is 691. The third-order valence-electron chi connectivity index (χ3n) is 3.97. The molecule has 2 aromatic rings. The molecule has 120 valence electrons. The first-order chi connectivity index (χ1) is 11.1. The summed E-state index contributed by atoms with van der Waals surface area (Å²) in [6.07, 6.45) is 0.805. The van der Waals surface area contributed by atoms with Crippen molar-refractivity contribution in [1.29, 1.82) is 0 Å². The van der Waals surface area contributed by atoms with Crippen LogP contribution < -0.4 is 0 Å². The highest BCUT2D eigenvalue weighted by atomic mass is 35.5. The van der Waals surface area contributed by atoms with Gasteiger partial charge in [0, 0.05) is 18.7 Å². The molecule has 1 atom stereocenters. The van der Waals surface area contributed by atoms with Gasteiger partial charge in [-0.1, -0.05) is 53.5 Å². The van der Waals surface area contributed by atoms with Crippen molar-refractivity contribution in [2.75, 3.05) is 19.7 Å². The highest BCUT2D eigenvalue weighted by Crippen LogP contribution is 2.26. The van der Waals surface area contributed by atoms with Crippen molar-refractivity contribution >= 4 is 29.1 Å². The largest absolute Gasteiger partial charge is 0.372 e. The molecule has 1 fully saturated rings. The number of rotatable bonds is 2. The minimum atomic E-state index is -0.0409. The van der Waals surface area contributed by atoms with E-state index in [1.165, 1.54) is 0 Å². The standard InChI is InChI=1S/C18H17Cl2NO2/c19-15-7-6-14(12-16(15)20)18(22)21-9-8-17(23-11-10-21)13-4-2-1-3-5-13/h1-7,12,17H,8-11H2. The molecule has 1 aliphatic rings. The predicted molar refractivity (Wildman–Crippen MR) is 92.1 cm³/mol. The summed E-state index contributed by atoms with van der Waals surface area (Å²) in [6, 6.07) is 15.1. The summed E-state index contributed by atoms with van der Waals surface area (Å²) in [4.78, 5) is 14.4. The van der Waals surface area contributed by atoms with Crippen LogP contribution in [0.25, 0.3) is 0 Å². The van der Waals surface area contributed by atoms with E-state index in [1.807, 2.05) is 23.1 Å². The van der Waals surface area contributed by atoms with E-state index >= 15 is 0 Å². The number of hydrogen-bond donors (Lipinski definition) is 0. The molecule has 1 aliphatic heterocycles. The topological polar surface area (TPSA) is 29.5 Å². The molecule has 0 spiro atoms. The SMILES string of the molecule is O=C(c1ccc(Cl)c(Cl)c1)N1CCOC(c2ccccc2)CC1. The van der Waals surface area contributed by atoms with Gasteiger partial charge in [-0.05, 0) is 30.2 Å². The van der Waals surface area contributed by atoms with Crippen LogP contribution in [0.1, 0.15) is 28.4 Å². The molecule has 0 aromatic heterocycles. The van der Waals surface area contributed by atoms with Gasteiger partial charge < -0.3 is 9.64 Å². The molecule has 3 nitrogen and oxygen atoms in total. The number of halogens is 2. The molecule has 2 aromatic carbocycles. The van der Waals surface area contributed by atoms with Gasteiger partial charge in [0.2, 0.25) is 0 Å². The van der Waals surface area contributed by atoms with Crippen LogP contribution in [-0.4, -0.2) is 30.5 Å². The second-order valence-corrected chi connectivity index (χ2v) is 6.29.